The largest absolute Gasteiger partial charge is 0.342 e. The number of carbonyl (C=O) groups excluding carboxylic acids is 1. The van der Waals surface area contributed by atoms with Crippen LogP contribution in [0.2, 0.25) is 5.02 Å². The van der Waals surface area contributed by atoms with Crippen LogP contribution >= 0.6 is 11.6 Å². The van der Waals surface area contributed by atoms with E-state index in [1.165, 1.54) is 6.42 Å². The minimum absolute atomic E-state index is 0.0498. The molecule has 0 bridgehead atoms. The Bertz CT molecular complexity index is 418. The highest BCUT2D eigenvalue weighted by Crippen LogP contribution is 2.18. The van der Waals surface area contributed by atoms with E-state index in [0.29, 0.717) is 17.5 Å². The lowest BCUT2D eigenvalue weighted by Crippen LogP contribution is -2.42. The first-order chi connectivity index (χ1) is 8.56. The molecule has 2 atom stereocenters. The van der Waals surface area contributed by atoms with E-state index in [0.717, 1.165) is 19.5 Å². The molecule has 0 aliphatic carbocycles. The molecule has 2 rings (SSSR count). The lowest BCUT2D eigenvalue weighted by atomic mass is 9.99. The van der Waals surface area contributed by atoms with Crippen LogP contribution in [0, 0.1) is 11.8 Å². The predicted octanol–water partition coefficient (Wildman–Crippen LogP) is 2.43. The number of likely N-dealkylation sites (tertiary alicyclic amines) is 1. The van der Waals surface area contributed by atoms with Gasteiger partial charge in [0.05, 0.1) is 23.7 Å². The van der Waals surface area contributed by atoms with Crippen LogP contribution in [-0.2, 0) is 11.3 Å². The number of hydrogen-bond donors (Lipinski definition) is 0. The van der Waals surface area contributed by atoms with Crippen molar-refractivity contribution < 1.29 is 4.79 Å². The number of piperidine rings is 1. The Labute approximate surface area is 113 Å². The third kappa shape index (κ3) is 3.25. The van der Waals surface area contributed by atoms with Crippen LogP contribution in [0.25, 0.3) is 0 Å². The minimum Gasteiger partial charge on any atom is -0.342 e. The number of halogens is 1. The normalized spacial score (nSPS) is 21.9. The summed E-state index contributed by atoms with van der Waals surface area (Å²) in [6, 6.07) is 0. The smallest absolute Gasteiger partial charge is 0.227 e. The van der Waals surface area contributed by atoms with Crippen LogP contribution in [0.4, 0.5) is 0 Å². The van der Waals surface area contributed by atoms with Crippen LogP contribution in [-0.4, -0.2) is 33.7 Å². The molecule has 0 radical (unpaired) electrons. The monoisotopic (exact) mass is 269 g/mol. The van der Waals surface area contributed by atoms with E-state index in [4.69, 9.17) is 11.6 Å². The lowest BCUT2D eigenvalue weighted by molar-refractivity contribution is -0.137. The van der Waals surface area contributed by atoms with E-state index in [1.54, 1.807) is 17.1 Å². The van der Waals surface area contributed by atoms with Gasteiger partial charge in [0, 0.05) is 19.3 Å². The van der Waals surface area contributed by atoms with Gasteiger partial charge in [-0.05, 0) is 18.8 Å². The summed E-state index contributed by atoms with van der Waals surface area (Å²) in [5.74, 6) is 0.800. The summed E-state index contributed by atoms with van der Waals surface area (Å²) >= 11 is 5.81. The van der Waals surface area contributed by atoms with Gasteiger partial charge in [0.2, 0.25) is 5.91 Å². The Kier molecular flexibility index (Phi) is 4.27. The Hall–Kier alpha value is -1.03. The Balaban J connectivity index is 1.91. The molecular weight excluding hydrogens is 250 g/mol. The molecule has 5 heteroatoms. The van der Waals surface area contributed by atoms with Gasteiger partial charge in [-0.15, -0.1) is 0 Å². The Morgan fingerprint density at radius 3 is 3.06 bits per heavy atom. The van der Waals surface area contributed by atoms with Crippen molar-refractivity contribution in [2.24, 2.45) is 11.8 Å². The summed E-state index contributed by atoms with van der Waals surface area (Å²) in [7, 11) is 0. The maximum atomic E-state index is 12.3. The molecule has 100 valence electrons. The second-order valence-corrected chi connectivity index (χ2v) is 5.75. The fourth-order valence-electron chi connectivity index (χ4n) is 2.50. The Morgan fingerprint density at radius 1 is 1.67 bits per heavy atom. The molecule has 0 unspecified atom stereocenters. The lowest BCUT2D eigenvalue weighted by Gasteiger charge is -2.32. The third-order valence-electron chi connectivity index (χ3n) is 3.45. The standard InChI is InChI=1S/C13H20ClN3O/c1-10-4-3-5-16(7-10)13(18)11(2)8-17-9-12(14)6-15-17/h6,9-11H,3-5,7-8H2,1-2H3/t10-,11+/m0/s1. The van der Waals surface area contributed by atoms with Crippen molar-refractivity contribution in [1.82, 2.24) is 14.7 Å². The van der Waals surface area contributed by atoms with Crippen LogP contribution in [0.3, 0.4) is 0 Å². The summed E-state index contributed by atoms with van der Waals surface area (Å²) in [5, 5.41) is 4.72. The van der Waals surface area contributed by atoms with Crippen molar-refractivity contribution in [2.45, 2.75) is 33.2 Å². The molecule has 0 saturated carbocycles. The maximum absolute atomic E-state index is 12.3. The highest BCUT2D eigenvalue weighted by atomic mass is 35.5. The summed E-state index contributed by atoms with van der Waals surface area (Å²) < 4.78 is 1.73. The van der Waals surface area contributed by atoms with Gasteiger partial charge < -0.3 is 4.90 Å². The molecule has 1 aliphatic rings. The first kappa shape index (κ1) is 13.4. The number of amides is 1. The molecule has 18 heavy (non-hydrogen) atoms. The van der Waals surface area contributed by atoms with Gasteiger partial charge in [-0.25, -0.2) is 0 Å². The quantitative estimate of drug-likeness (QED) is 0.845. The SMILES string of the molecule is C[C@H]1CCCN(C(=O)[C@H](C)Cn2cc(Cl)cn2)C1. The first-order valence-electron chi connectivity index (χ1n) is 6.53. The summed E-state index contributed by atoms with van der Waals surface area (Å²) in [4.78, 5) is 14.3. The number of aromatic nitrogens is 2. The summed E-state index contributed by atoms with van der Waals surface area (Å²) in [6.45, 7) is 6.54. The molecule has 4 nitrogen and oxygen atoms in total. The zero-order chi connectivity index (χ0) is 13.1. The highest BCUT2D eigenvalue weighted by molar-refractivity contribution is 6.30. The summed E-state index contributed by atoms with van der Waals surface area (Å²) in [5.41, 5.74) is 0. The van der Waals surface area contributed by atoms with Crippen molar-refractivity contribution in [3.05, 3.63) is 17.4 Å². The molecule has 1 amide bonds. The zero-order valence-electron chi connectivity index (χ0n) is 11.0. The van der Waals surface area contributed by atoms with Gasteiger partial charge in [-0.1, -0.05) is 25.4 Å². The molecule has 1 saturated heterocycles. The van der Waals surface area contributed by atoms with Crippen molar-refractivity contribution >= 4 is 17.5 Å². The van der Waals surface area contributed by atoms with Crippen LogP contribution < -0.4 is 0 Å². The average molecular weight is 270 g/mol. The molecule has 0 aromatic carbocycles. The van der Waals surface area contributed by atoms with Crippen molar-refractivity contribution in [3.63, 3.8) is 0 Å². The van der Waals surface area contributed by atoms with Gasteiger partial charge in [-0.2, -0.15) is 5.10 Å². The molecule has 0 spiro atoms. The molecule has 0 N–H and O–H groups in total. The van der Waals surface area contributed by atoms with E-state index in [1.807, 2.05) is 11.8 Å². The van der Waals surface area contributed by atoms with Gasteiger partial charge in [0.1, 0.15) is 0 Å². The third-order valence-corrected chi connectivity index (χ3v) is 3.65. The van der Waals surface area contributed by atoms with Crippen LogP contribution in [0.5, 0.6) is 0 Å². The number of rotatable bonds is 3. The molecule has 1 aliphatic heterocycles. The van der Waals surface area contributed by atoms with Crippen molar-refractivity contribution in [2.75, 3.05) is 13.1 Å². The number of hydrogen-bond acceptors (Lipinski definition) is 2. The van der Waals surface area contributed by atoms with Gasteiger partial charge in [0.25, 0.3) is 0 Å². The molecule has 2 heterocycles. The molecule has 1 aromatic rings. The van der Waals surface area contributed by atoms with E-state index in [-0.39, 0.29) is 11.8 Å². The maximum Gasteiger partial charge on any atom is 0.227 e. The van der Waals surface area contributed by atoms with Crippen molar-refractivity contribution in [3.8, 4) is 0 Å². The zero-order valence-corrected chi connectivity index (χ0v) is 11.7. The fourth-order valence-corrected chi connectivity index (χ4v) is 2.65. The second kappa shape index (κ2) is 5.74. The van der Waals surface area contributed by atoms with Gasteiger partial charge in [-0.3, -0.25) is 9.48 Å². The van der Waals surface area contributed by atoms with Crippen LogP contribution in [0.1, 0.15) is 26.7 Å². The van der Waals surface area contributed by atoms with Gasteiger partial charge >= 0.3 is 0 Å². The fraction of sp³-hybridized carbons (Fsp3) is 0.692. The van der Waals surface area contributed by atoms with Gasteiger partial charge in [0.15, 0.2) is 0 Å². The van der Waals surface area contributed by atoms with E-state index >= 15 is 0 Å². The first-order valence-corrected chi connectivity index (χ1v) is 6.91. The second-order valence-electron chi connectivity index (χ2n) is 5.31. The van der Waals surface area contributed by atoms with E-state index in [9.17, 15) is 4.79 Å². The number of carbonyl (C=O) groups is 1. The molecule has 1 fully saturated rings. The molecular formula is C13H20ClN3O. The van der Waals surface area contributed by atoms with Crippen LogP contribution in [0.15, 0.2) is 12.4 Å². The van der Waals surface area contributed by atoms with Crippen molar-refractivity contribution in [1.29, 1.82) is 0 Å². The van der Waals surface area contributed by atoms with E-state index in [2.05, 4.69) is 12.0 Å². The minimum atomic E-state index is -0.0498. The highest BCUT2D eigenvalue weighted by Gasteiger charge is 2.25. The number of nitrogens with zero attached hydrogens (tertiary/aromatic N) is 3. The average Bonchev–Trinajstić information content (AvgIpc) is 2.73. The Morgan fingerprint density at radius 2 is 2.44 bits per heavy atom. The molecule has 1 aromatic heterocycles. The topological polar surface area (TPSA) is 38.1 Å². The predicted molar refractivity (Wildman–Crippen MR) is 71.4 cm³/mol. The summed E-state index contributed by atoms with van der Waals surface area (Å²) in [6.07, 6.45) is 5.70. The van der Waals surface area contributed by atoms with E-state index < -0.39 is 0 Å².